The number of amides is 1. The molecule has 0 unspecified atom stereocenters. The zero-order valence-electron chi connectivity index (χ0n) is 16.2. The number of aryl methyl sites for hydroxylation is 3. The molecule has 1 atom stereocenters. The van der Waals surface area contributed by atoms with Crippen LogP contribution in [0.3, 0.4) is 0 Å². The van der Waals surface area contributed by atoms with Crippen LogP contribution >= 0.6 is 11.8 Å². The fourth-order valence-corrected chi connectivity index (χ4v) is 3.43. The molecule has 2 aromatic carbocycles. The fraction of sp³-hybridized carbons (Fsp3) is 0.409. The maximum Gasteiger partial charge on any atom is 0.261 e. The second kappa shape index (κ2) is 10.3. The molecule has 4 heteroatoms. The molecule has 1 amide bonds. The molecule has 0 bridgehead atoms. The number of carbonyl (C=O) groups is 1. The molecule has 26 heavy (non-hydrogen) atoms. The summed E-state index contributed by atoms with van der Waals surface area (Å²) in [6.45, 7) is 8.85. The van der Waals surface area contributed by atoms with Gasteiger partial charge in [-0.2, -0.15) is 11.8 Å². The molecule has 0 fully saturated rings. The number of carbonyl (C=O) groups excluding carboxylic acids is 1. The average molecular weight is 372 g/mol. The van der Waals surface area contributed by atoms with Crippen LogP contribution in [-0.2, 0) is 10.5 Å². The van der Waals surface area contributed by atoms with E-state index in [1.54, 1.807) is 0 Å². The minimum absolute atomic E-state index is 0.0399. The molecule has 3 nitrogen and oxygen atoms in total. The number of thioether (sulfide) groups is 1. The summed E-state index contributed by atoms with van der Waals surface area (Å²) in [6.07, 6.45) is 0.203. The van der Waals surface area contributed by atoms with Gasteiger partial charge in [-0.3, -0.25) is 4.79 Å². The van der Waals surface area contributed by atoms with Crippen molar-refractivity contribution in [1.29, 1.82) is 0 Å². The first-order valence-electron chi connectivity index (χ1n) is 9.14. The van der Waals surface area contributed by atoms with E-state index >= 15 is 0 Å². The normalized spacial score (nSPS) is 11.8. The van der Waals surface area contributed by atoms with E-state index in [1.165, 1.54) is 22.3 Å². The van der Waals surface area contributed by atoms with Crippen molar-refractivity contribution >= 4 is 17.7 Å². The highest BCUT2D eigenvalue weighted by atomic mass is 32.2. The molecule has 0 radical (unpaired) electrons. The summed E-state index contributed by atoms with van der Waals surface area (Å²) in [5, 5.41) is 2.99. The van der Waals surface area contributed by atoms with Gasteiger partial charge >= 0.3 is 0 Å². The van der Waals surface area contributed by atoms with Gasteiger partial charge in [-0.15, -0.1) is 0 Å². The van der Waals surface area contributed by atoms with E-state index in [0.717, 1.165) is 17.3 Å². The van der Waals surface area contributed by atoms with Crippen molar-refractivity contribution in [2.45, 2.75) is 46.0 Å². The Kier molecular flexibility index (Phi) is 8.05. The molecule has 0 heterocycles. The Bertz CT molecular complexity index is 730. The lowest BCUT2D eigenvalue weighted by atomic mass is 10.1. The number of rotatable bonds is 9. The van der Waals surface area contributed by atoms with Crippen molar-refractivity contribution in [2.75, 3.05) is 12.3 Å². The molecule has 0 aliphatic heterocycles. The molecule has 0 spiro atoms. The molecule has 2 rings (SSSR count). The fourth-order valence-electron chi connectivity index (χ4n) is 2.63. The van der Waals surface area contributed by atoms with E-state index in [1.807, 2.05) is 36.9 Å². The van der Waals surface area contributed by atoms with Gasteiger partial charge in [-0.1, -0.05) is 42.8 Å². The smallest absolute Gasteiger partial charge is 0.261 e. The van der Waals surface area contributed by atoms with E-state index in [4.69, 9.17) is 4.74 Å². The van der Waals surface area contributed by atoms with E-state index in [2.05, 4.69) is 50.4 Å². The minimum atomic E-state index is -0.445. The Labute approximate surface area is 161 Å². The van der Waals surface area contributed by atoms with Gasteiger partial charge in [0.2, 0.25) is 0 Å². The Balaban J connectivity index is 1.73. The van der Waals surface area contributed by atoms with Gasteiger partial charge in [0, 0.05) is 18.1 Å². The van der Waals surface area contributed by atoms with Crippen LogP contribution < -0.4 is 10.1 Å². The Hall–Kier alpha value is -1.94. The highest BCUT2D eigenvalue weighted by Gasteiger charge is 2.18. The maximum atomic E-state index is 12.4. The molecule has 0 aliphatic carbocycles. The van der Waals surface area contributed by atoms with E-state index in [9.17, 15) is 4.79 Å². The van der Waals surface area contributed by atoms with E-state index < -0.39 is 6.10 Å². The van der Waals surface area contributed by atoms with Crippen LogP contribution in [0.1, 0.15) is 35.6 Å². The highest BCUT2D eigenvalue weighted by Crippen LogP contribution is 2.18. The first-order valence-corrected chi connectivity index (χ1v) is 10.3. The van der Waals surface area contributed by atoms with Gasteiger partial charge in [0.15, 0.2) is 6.10 Å². The second-order valence-corrected chi connectivity index (χ2v) is 7.70. The van der Waals surface area contributed by atoms with Crippen LogP contribution in [0.25, 0.3) is 0 Å². The minimum Gasteiger partial charge on any atom is -0.481 e. The maximum absolute atomic E-state index is 12.4. The third-order valence-corrected chi connectivity index (χ3v) is 5.35. The first-order chi connectivity index (χ1) is 12.5. The molecule has 140 valence electrons. The predicted molar refractivity (Wildman–Crippen MR) is 111 cm³/mol. The molecule has 0 saturated carbocycles. The molecule has 0 saturated heterocycles. The van der Waals surface area contributed by atoms with Crippen LogP contribution in [0.2, 0.25) is 0 Å². The van der Waals surface area contributed by atoms with Gasteiger partial charge in [0.05, 0.1) is 0 Å². The van der Waals surface area contributed by atoms with Crippen LogP contribution in [0.15, 0.2) is 42.5 Å². The van der Waals surface area contributed by atoms with Crippen molar-refractivity contribution in [3.05, 3.63) is 64.7 Å². The zero-order valence-corrected chi connectivity index (χ0v) is 17.0. The van der Waals surface area contributed by atoms with Crippen molar-refractivity contribution in [2.24, 2.45) is 0 Å². The quantitative estimate of drug-likeness (QED) is 0.642. The summed E-state index contributed by atoms with van der Waals surface area (Å²) in [7, 11) is 0. The molecule has 1 N–H and O–H groups in total. The van der Waals surface area contributed by atoms with E-state index in [0.29, 0.717) is 13.0 Å². The highest BCUT2D eigenvalue weighted by molar-refractivity contribution is 7.98. The molecule has 0 aliphatic rings. The number of hydrogen-bond acceptors (Lipinski definition) is 3. The van der Waals surface area contributed by atoms with Gasteiger partial charge in [-0.05, 0) is 56.0 Å². The SMILES string of the molecule is CC[C@H](Oc1ccc(C)c(C)c1)C(=O)NCCSCc1cccc(C)c1. The lowest BCUT2D eigenvalue weighted by Crippen LogP contribution is -2.39. The summed E-state index contributed by atoms with van der Waals surface area (Å²) in [5.74, 6) is 2.57. The van der Waals surface area contributed by atoms with Gasteiger partial charge < -0.3 is 10.1 Å². The van der Waals surface area contributed by atoms with Crippen LogP contribution in [-0.4, -0.2) is 24.3 Å². The lowest BCUT2D eigenvalue weighted by Gasteiger charge is -2.18. The summed E-state index contributed by atoms with van der Waals surface area (Å²) in [4.78, 5) is 12.4. The van der Waals surface area contributed by atoms with Gasteiger partial charge in [0.1, 0.15) is 5.75 Å². The topological polar surface area (TPSA) is 38.3 Å². The zero-order chi connectivity index (χ0) is 18.9. The third-order valence-electron chi connectivity index (χ3n) is 4.32. The Morgan fingerprint density at radius 3 is 2.62 bits per heavy atom. The Morgan fingerprint density at radius 1 is 1.12 bits per heavy atom. The van der Waals surface area contributed by atoms with E-state index in [-0.39, 0.29) is 5.91 Å². The number of ether oxygens (including phenoxy) is 1. The average Bonchev–Trinajstić information content (AvgIpc) is 2.62. The summed E-state index contributed by atoms with van der Waals surface area (Å²) in [5.41, 5.74) is 5.00. The number of hydrogen-bond donors (Lipinski definition) is 1. The van der Waals surface area contributed by atoms with Crippen molar-refractivity contribution < 1.29 is 9.53 Å². The predicted octanol–water partition coefficient (Wildman–Crippen LogP) is 4.82. The van der Waals surface area contributed by atoms with Gasteiger partial charge in [0.25, 0.3) is 5.91 Å². The van der Waals surface area contributed by atoms with Crippen molar-refractivity contribution in [3.63, 3.8) is 0 Å². The molecular weight excluding hydrogens is 342 g/mol. The standard InChI is InChI=1S/C22H29NO2S/c1-5-21(25-20-10-9-17(3)18(4)14-20)22(24)23-11-12-26-15-19-8-6-7-16(2)13-19/h6-10,13-14,21H,5,11-12,15H2,1-4H3,(H,23,24)/t21-/m0/s1. The summed E-state index contributed by atoms with van der Waals surface area (Å²) >= 11 is 1.83. The lowest BCUT2D eigenvalue weighted by molar-refractivity contribution is -0.127. The first kappa shape index (κ1) is 20.4. The monoisotopic (exact) mass is 371 g/mol. The Morgan fingerprint density at radius 2 is 1.92 bits per heavy atom. The largest absolute Gasteiger partial charge is 0.481 e. The van der Waals surface area contributed by atoms with Gasteiger partial charge in [-0.25, -0.2) is 0 Å². The van der Waals surface area contributed by atoms with Crippen LogP contribution in [0.4, 0.5) is 0 Å². The second-order valence-electron chi connectivity index (χ2n) is 6.59. The van der Waals surface area contributed by atoms with Crippen molar-refractivity contribution in [1.82, 2.24) is 5.32 Å². The number of benzene rings is 2. The molecule has 2 aromatic rings. The summed E-state index contributed by atoms with van der Waals surface area (Å²) < 4.78 is 5.88. The van der Waals surface area contributed by atoms with Crippen LogP contribution in [0.5, 0.6) is 5.75 Å². The van der Waals surface area contributed by atoms with Crippen LogP contribution in [0, 0.1) is 20.8 Å². The number of nitrogens with one attached hydrogen (secondary N) is 1. The third kappa shape index (κ3) is 6.41. The molecule has 0 aromatic heterocycles. The van der Waals surface area contributed by atoms with Crippen molar-refractivity contribution in [3.8, 4) is 5.75 Å². The summed E-state index contributed by atoms with van der Waals surface area (Å²) in [6, 6.07) is 14.5. The molecular formula is C22H29NO2S.